The lowest BCUT2D eigenvalue weighted by molar-refractivity contribution is -0.236. The largest absolute Gasteiger partial charge is 0.466 e. The molecule has 0 rings (SSSR count). The van der Waals surface area contributed by atoms with Crippen LogP contribution in [-0.2, 0) is 19.1 Å². The molecule has 0 aliphatic carbocycles. The molecule has 17 heavy (non-hydrogen) atoms. The summed E-state index contributed by atoms with van der Waals surface area (Å²) in [5.74, 6) is -10.8. The fourth-order valence-corrected chi connectivity index (χ4v) is 0.804. The zero-order valence-corrected chi connectivity index (χ0v) is 9.27. The van der Waals surface area contributed by atoms with Crippen molar-refractivity contribution in [2.75, 3.05) is 13.2 Å². The van der Waals surface area contributed by atoms with E-state index in [2.05, 4.69) is 9.47 Å². The van der Waals surface area contributed by atoms with Gasteiger partial charge in [-0.3, -0.25) is 9.59 Å². The maximum Gasteiger partial charge on any atom is 0.343 e. The summed E-state index contributed by atoms with van der Waals surface area (Å²) in [4.78, 5) is 20.5. The van der Waals surface area contributed by atoms with Crippen LogP contribution in [0.4, 0.5) is 17.6 Å². The number of hydrogen-bond acceptors (Lipinski definition) is 4. The van der Waals surface area contributed by atoms with Crippen molar-refractivity contribution in [1.82, 2.24) is 0 Å². The van der Waals surface area contributed by atoms with E-state index in [0.717, 1.165) is 13.8 Å². The summed E-state index contributed by atoms with van der Waals surface area (Å²) in [6.07, 6.45) is -1.35. The molecule has 0 aliphatic heterocycles. The molecule has 0 atom stereocenters. The molecule has 0 heterocycles. The van der Waals surface area contributed by atoms with Crippen molar-refractivity contribution in [3.8, 4) is 0 Å². The van der Waals surface area contributed by atoms with Gasteiger partial charge in [-0.15, -0.1) is 0 Å². The van der Waals surface area contributed by atoms with Crippen LogP contribution in [0.5, 0.6) is 0 Å². The summed E-state index contributed by atoms with van der Waals surface area (Å²) in [5.41, 5.74) is 0. The number of rotatable bonds is 6. The third-order valence-corrected chi connectivity index (χ3v) is 1.71. The quantitative estimate of drug-likeness (QED) is 0.539. The number of halogens is 4. The second kappa shape index (κ2) is 5.83. The Balaban J connectivity index is 4.33. The van der Waals surface area contributed by atoms with Gasteiger partial charge in [0.2, 0.25) is 0 Å². The second-order valence-electron chi connectivity index (χ2n) is 3.28. The van der Waals surface area contributed by atoms with Crippen LogP contribution in [0.1, 0.15) is 20.3 Å². The Hall–Kier alpha value is -1.34. The van der Waals surface area contributed by atoms with Crippen LogP contribution in [0.3, 0.4) is 0 Å². The summed E-state index contributed by atoms with van der Waals surface area (Å²) >= 11 is 0. The van der Waals surface area contributed by atoms with Crippen molar-refractivity contribution in [2.24, 2.45) is 0 Å². The van der Waals surface area contributed by atoms with Gasteiger partial charge in [0.15, 0.2) is 6.61 Å². The van der Waals surface area contributed by atoms with Crippen molar-refractivity contribution in [3.63, 3.8) is 0 Å². The maximum atomic E-state index is 13.0. The average molecular weight is 260 g/mol. The lowest BCUT2D eigenvalue weighted by atomic mass is 10.1. The monoisotopic (exact) mass is 260 g/mol. The van der Waals surface area contributed by atoms with Crippen LogP contribution in [0.15, 0.2) is 0 Å². The average Bonchev–Trinajstić information content (AvgIpc) is 2.13. The zero-order chi connectivity index (χ0) is 13.7. The summed E-state index contributed by atoms with van der Waals surface area (Å²) in [7, 11) is 0. The first kappa shape index (κ1) is 15.7. The van der Waals surface area contributed by atoms with E-state index >= 15 is 0 Å². The lowest BCUT2D eigenvalue weighted by Gasteiger charge is -2.25. The lowest BCUT2D eigenvalue weighted by Crippen LogP contribution is -2.45. The van der Waals surface area contributed by atoms with E-state index in [1.807, 2.05) is 0 Å². The van der Waals surface area contributed by atoms with Crippen molar-refractivity contribution >= 4 is 11.9 Å². The van der Waals surface area contributed by atoms with Gasteiger partial charge >= 0.3 is 23.8 Å². The van der Waals surface area contributed by atoms with Gasteiger partial charge in [0.05, 0.1) is 13.0 Å². The normalized spacial score (nSPS) is 12.1. The molecule has 0 spiro atoms. The van der Waals surface area contributed by atoms with E-state index in [1.54, 1.807) is 0 Å². The van der Waals surface area contributed by atoms with Crippen molar-refractivity contribution in [1.29, 1.82) is 0 Å². The zero-order valence-electron chi connectivity index (χ0n) is 9.27. The first-order valence-electron chi connectivity index (χ1n) is 4.61. The Morgan fingerprint density at radius 2 is 1.41 bits per heavy atom. The van der Waals surface area contributed by atoms with Gasteiger partial charge in [0.1, 0.15) is 0 Å². The van der Waals surface area contributed by atoms with Crippen molar-refractivity contribution in [3.05, 3.63) is 0 Å². The third kappa shape index (κ3) is 5.50. The van der Waals surface area contributed by atoms with Crippen LogP contribution in [0.2, 0.25) is 0 Å². The molecule has 4 nitrogen and oxygen atoms in total. The van der Waals surface area contributed by atoms with E-state index in [-0.39, 0.29) is 0 Å². The minimum absolute atomic E-state index is 0.826. The molecule has 0 saturated heterocycles. The molecule has 0 fully saturated rings. The van der Waals surface area contributed by atoms with E-state index < -0.39 is 43.4 Å². The van der Waals surface area contributed by atoms with Crippen LogP contribution < -0.4 is 0 Å². The predicted octanol–water partition coefficient (Wildman–Crippen LogP) is 1.77. The van der Waals surface area contributed by atoms with Crippen LogP contribution >= 0.6 is 0 Å². The topological polar surface area (TPSA) is 52.6 Å². The number of alkyl halides is 4. The Morgan fingerprint density at radius 1 is 0.941 bits per heavy atom. The number of carbonyl (C=O) groups excluding carboxylic acids is 2. The molecule has 0 aromatic rings. The molecule has 100 valence electrons. The summed E-state index contributed by atoms with van der Waals surface area (Å²) in [5, 5.41) is 0. The Bertz CT molecular complexity index is 291. The molecular weight excluding hydrogens is 248 g/mol. The van der Waals surface area contributed by atoms with Crippen molar-refractivity contribution < 1.29 is 36.6 Å². The number of carbonyl (C=O) groups is 2. The predicted molar refractivity (Wildman–Crippen MR) is 47.8 cm³/mol. The van der Waals surface area contributed by atoms with Gasteiger partial charge in [0.25, 0.3) is 0 Å². The minimum atomic E-state index is -4.50. The smallest absolute Gasteiger partial charge is 0.343 e. The molecular formula is C9H12F4O4. The molecule has 8 heteroatoms. The highest BCUT2D eigenvalue weighted by Crippen LogP contribution is 2.37. The molecule has 0 saturated carbocycles. The van der Waals surface area contributed by atoms with E-state index in [9.17, 15) is 27.2 Å². The van der Waals surface area contributed by atoms with Crippen LogP contribution in [-0.4, -0.2) is 37.0 Å². The molecule has 0 aromatic carbocycles. The van der Waals surface area contributed by atoms with E-state index in [0.29, 0.717) is 0 Å². The fraction of sp³-hybridized carbons (Fsp3) is 0.778. The first-order valence-corrected chi connectivity index (χ1v) is 4.61. The van der Waals surface area contributed by atoms with Gasteiger partial charge in [-0.25, -0.2) is 0 Å². The van der Waals surface area contributed by atoms with Crippen LogP contribution in [0.25, 0.3) is 0 Å². The van der Waals surface area contributed by atoms with Gasteiger partial charge in [-0.05, 0) is 0 Å². The minimum Gasteiger partial charge on any atom is -0.466 e. The third-order valence-electron chi connectivity index (χ3n) is 1.71. The van der Waals surface area contributed by atoms with E-state index in [4.69, 9.17) is 0 Å². The highest BCUT2D eigenvalue weighted by atomic mass is 19.3. The molecule has 0 amide bonds. The SMILES string of the molecule is CC(=O)OCCC(F)(F)C(F)(F)COC(C)=O. The number of hydrogen-bond donors (Lipinski definition) is 0. The van der Waals surface area contributed by atoms with Gasteiger partial charge in [-0.2, -0.15) is 17.6 Å². The van der Waals surface area contributed by atoms with Crippen molar-refractivity contribution in [2.45, 2.75) is 32.1 Å². The molecule has 0 radical (unpaired) electrons. The maximum absolute atomic E-state index is 13.0. The molecule has 0 unspecified atom stereocenters. The molecule has 0 bridgehead atoms. The summed E-state index contributed by atoms with van der Waals surface area (Å²) in [6.45, 7) is -0.754. The number of ether oxygens (including phenoxy) is 2. The second-order valence-corrected chi connectivity index (χ2v) is 3.28. The highest BCUT2D eigenvalue weighted by molar-refractivity contribution is 5.66. The van der Waals surface area contributed by atoms with Gasteiger partial charge < -0.3 is 9.47 Å². The highest BCUT2D eigenvalue weighted by Gasteiger charge is 2.56. The summed E-state index contributed by atoms with van der Waals surface area (Å²) < 4.78 is 59.8. The standard InChI is InChI=1S/C9H12F4O4/c1-6(14)16-4-3-8(10,11)9(12,13)5-17-7(2)15/h3-5H2,1-2H3. The van der Waals surface area contributed by atoms with Gasteiger partial charge in [-0.1, -0.05) is 0 Å². The van der Waals surface area contributed by atoms with Crippen LogP contribution in [0, 0.1) is 0 Å². The Kier molecular flexibility index (Phi) is 5.37. The first-order chi connectivity index (χ1) is 7.58. The van der Waals surface area contributed by atoms with Gasteiger partial charge in [0, 0.05) is 13.8 Å². The van der Waals surface area contributed by atoms with E-state index in [1.165, 1.54) is 0 Å². The Labute approximate surface area is 94.9 Å². The fourth-order valence-electron chi connectivity index (χ4n) is 0.804. The number of esters is 2. The molecule has 0 aliphatic rings. The summed E-state index contributed by atoms with van der Waals surface area (Å²) in [6, 6.07) is 0. The Morgan fingerprint density at radius 3 is 1.82 bits per heavy atom. The molecule has 0 aromatic heterocycles. The molecule has 0 N–H and O–H groups in total.